The molecule has 1 heterocycles. The summed E-state index contributed by atoms with van der Waals surface area (Å²) in [5, 5.41) is 0. The van der Waals surface area contributed by atoms with E-state index in [1.165, 1.54) is 25.7 Å². The van der Waals surface area contributed by atoms with Crippen molar-refractivity contribution < 1.29 is 4.74 Å². The van der Waals surface area contributed by atoms with E-state index in [0.717, 1.165) is 13.2 Å². The fourth-order valence-corrected chi connectivity index (χ4v) is 2.95. The molecule has 2 fully saturated rings. The van der Waals surface area contributed by atoms with Crippen LogP contribution in [0, 0.1) is 10.8 Å². The summed E-state index contributed by atoms with van der Waals surface area (Å²) in [6.45, 7) is 6.38. The zero-order valence-corrected chi connectivity index (χ0v) is 8.81. The first-order valence-electron chi connectivity index (χ1n) is 5.44. The van der Waals surface area contributed by atoms with Gasteiger partial charge in [0, 0.05) is 18.6 Å². The fraction of sp³-hybridized carbons (Fsp3) is 1.00. The molecule has 1 aliphatic heterocycles. The van der Waals surface area contributed by atoms with E-state index in [2.05, 4.69) is 13.8 Å². The summed E-state index contributed by atoms with van der Waals surface area (Å²) in [5.41, 5.74) is 6.63. The van der Waals surface area contributed by atoms with Crippen LogP contribution in [-0.4, -0.2) is 19.3 Å². The SMILES string of the molecule is CC1(C)CC1(CN)C1CCCCO1. The van der Waals surface area contributed by atoms with Gasteiger partial charge in [-0.3, -0.25) is 0 Å². The third-order valence-electron chi connectivity index (χ3n) is 4.14. The van der Waals surface area contributed by atoms with Gasteiger partial charge in [0.05, 0.1) is 6.10 Å². The summed E-state index contributed by atoms with van der Waals surface area (Å²) in [6, 6.07) is 0. The molecule has 1 saturated heterocycles. The number of hydrogen-bond donors (Lipinski definition) is 1. The van der Waals surface area contributed by atoms with E-state index in [9.17, 15) is 0 Å². The first-order valence-corrected chi connectivity index (χ1v) is 5.44. The van der Waals surface area contributed by atoms with E-state index >= 15 is 0 Å². The van der Waals surface area contributed by atoms with E-state index in [1.807, 2.05) is 0 Å². The van der Waals surface area contributed by atoms with Crippen molar-refractivity contribution in [2.45, 2.75) is 45.6 Å². The molecule has 0 radical (unpaired) electrons. The van der Waals surface area contributed by atoms with E-state index in [-0.39, 0.29) is 0 Å². The van der Waals surface area contributed by atoms with Crippen LogP contribution < -0.4 is 5.73 Å². The van der Waals surface area contributed by atoms with E-state index in [4.69, 9.17) is 10.5 Å². The second-order valence-electron chi connectivity index (χ2n) is 5.28. The normalized spacial score (nSPS) is 43.2. The zero-order chi connectivity index (χ0) is 9.53. The van der Waals surface area contributed by atoms with Crippen molar-refractivity contribution in [3.63, 3.8) is 0 Å². The molecule has 0 aromatic heterocycles. The Labute approximate surface area is 80.8 Å². The first-order chi connectivity index (χ1) is 6.12. The molecule has 1 saturated carbocycles. The maximum absolute atomic E-state index is 5.90. The van der Waals surface area contributed by atoms with E-state index < -0.39 is 0 Å². The predicted octanol–water partition coefficient (Wildman–Crippen LogP) is 1.93. The highest BCUT2D eigenvalue weighted by atomic mass is 16.5. The Balaban J connectivity index is 2.05. The van der Waals surface area contributed by atoms with Gasteiger partial charge in [0.15, 0.2) is 0 Å². The molecule has 2 N–H and O–H groups in total. The molecule has 0 aromatic rings. The van der Waals surface area contributed by atoms with Gasteiger partial charge in [0.25, 0.3) is 0 Å². The van der Waals surface area contributed by atoms with Crippen molar-refractivity contribution in [2.75, 3.05) is 13.2 Å². The molecule has 0 bridgehead atoms. The van der Waals surface area contributed by atoms with Crippen LogP contribution in [0.2, 0.25) is 0 Å². The van der Waals surface area contributed by atoms with Crippen LogP contribution in [0.15, 0.2) is 0 Å². The lowest BCUT2D eigenvalue weighted by molar-refractivity contribution is -0.0388. The van der Waals surface area contributed by atoms with Crippen molar-refractivity contribution in [1.82, 2.24) is 0 Å². The zero-order valence-electron chi connectivity index (χ0n) is 8.81. The van der Waals surface area contributed by atoms with Crippen LogP contribution in [0.25, 0.3) is 0 Å². The van der Waals surface area contributed by atoms with Crippen LogP contribution in [-0.2, 0) is 4.74 Å². The second kappa shape index (κ2) is 2.96. The van der Waals surface area contributed by atoms with Crippen molar-refractivity contribution in [3.8, 4) is 0 Å². The second-order valence-corrected chi connectivity index (χ2v) is 5.28. The van der Waals surface area contributed by atoms with E-state index in [1.54, 1.807) is 0 Å². The van der Waals surface area contributed by atoms with Crippen molar-refractivity contribution in [2.24, 2.45) is 16.6 Å². The summed E-state index contributed by atoms with van der Waals surface area (Å²) in [5.74, 6) is 0. The molecule has 0 amide bonds. The highest BCUT2D eigenvalue weighted by Gasteiger charge is 2.64. The van der Waals surface area contributed by atoms with Gasteiger partial charge >= 0.3 is 0 Å². The molecule has 2 rings (SSSR count). The lowest BCUT2D eigenvalue weighted by Gasteiger charge is -2.32. The standard InChI is InChI=1S/C11H21NO/c1-10(2)7-11(10,8-12)9-5-3-4-6-13-9/h9H,3-8,12H2,1-2H3. The van der Waals surface area contributed by atoms with Crippen LogP contribution in [0.5, 0.6) is 0 Å². The van der Waals surface area contributed by atoms with Crippen LogP contribution in [0.4, 0.5) is 0 Å². The Bertz CT molecular complexity index is 196. The predicted molar refractivity (Wildman–Crippen MR) is 53.5 cm³/mol. The molecule has 76 valence electrons. The Morgan fingerprint density at radius 3 is 2.46 bits per heavy atom. The largest absolute Gasteiger partial charge is 0.378 e. The molecule has 2 aliphatic rings. The molecule has 2 nitrogen and oxygen atoms in total. The Morgan fingerprint density at radius 1 is 1.38 bits per heavy atom. The van der Waals surface area contributed by atoms with E-state index in [0.29, 0.717) is 16.9 Å². The van der Waals surface area contributed by atoms with Crippen molar-refractivity contribution in [3.05, 3.63) is 0 Å². The molecular weight excluding hydrogens is 162 g/mol. The molecule has 2 atom stereocenters. The monoisotopic (exact) mass is 183 g/mol. The molecule has 0 aromatic carbocycles. The topological polar surface area (TPSA) is 35.2 Å². The van der Waals surface area contributed by atoms with Gasteiger partial charge in [-0.2, -0.15) is 0 Å². The minimum Gasteiger partial charge on any atom is -0.378 e. The lowest BCUT2D eigenvalue weighted by Crippen LogP contribution is -2.37. The van der Waals surface area contributed by atoms with Crippen molar-refractivity contribution in [1.29, 1.82) is 0 Å². The van der Waals surface area contributed by atoms with Gasteiger partial charge in [-0.25, -0.2) is 0 Å². The molecule has 1 aliphatic carbocycles. The summed E-state index contributed by atoms with van der Waals surface area (Å²) in [7, 11) is 0. The van der Waals surface area contributed by atoms with Gasteiger partial charge in [0.1, 0.15) is 0 Å². The molecule has 13 heavy (non-hydrogen) atoms. The van der Waals surface area contributed by atoms with Crippen LogP contribution in [0.3, 0.4) is 0 Å². The first kappa shape index (κ1) is 9.47. The maximum atomic E-state index is 5.90. The number of nitrogens with two attached hydrogens (primary N) is 1. The third-order valence-corrected chi connectivity index (χ3v) is 4.14. The molecule has 2 heteroatoms. The summed E-state index contributed by atoms with van der Waals surface area (Å²) < 4.78 is 5.85. The van der Waals surface area contributed by atoms with Gasteiger partial charge in [-0.15, -0.1) is 0 Å². The third kappa shape index (κ3) is 1.31. The van der Waals surface area contributed by atoms with Gasteiger partial charge in [-0.05, 0) is 31.1 Å². The minimum absolute atomic E-state index is 0.313. The summed E-state index contributed by atoms with van der Waals surface area (Å²) in [4.78, 5) is 0. The number of ether oxygens (including phenoxy) is 1. The average Bonchev–Trinajstić information content (AvgIpc) is 2.72. The smallest absolute Gasteiger partial charge is 0.0648 e. The highest BCUT2D eigenvalue weighted by Crippen LogP contribution is 2.66. The average molecular weight is 183 g/mol. The Hall–Kier alpha value is -0.0800. The quantitative estimate of drug-likeness (QED) is 0.710. The van der Waals surface area contributed by atoms with Gasteiger partial charge in [-0.1, -0.05) is 13.8 Å². The molecular formula is C11H21NO. The number of hydrogen-bond acceptors (Lipinski definition) is 2. The fourth-order valence-electron chi connectivity index (χ4n) is 2.95. The molecule has 0 spiro atoms. The lowest BCUT2D eigenvalue weighted by atomic mass is 9.86. The minimum atomic E-state index is 0.313. The summed E-state index contributed by atoms with van der Waals surface area (Å²) >= 11 is 0. The summed E-state index contributed by atoms with van der Waals surface area (Å²) in [6.07, 6.45) is 5.48. The number of rotatable bonds is 2. The van der Waals surface area contributed by atoms with Gasteiger partial charge in [0.2, 0.25) is 0 Å². The Kier molecular flexibility index (Phi) is 2.16. The van der Waals surface area contributed by atoms with Crippen LogP contribution >= 0.6 is 0 Å². The Morgan fingerprint density at radius 2 is 2.08 bits per heavy atom. The van der Waals surface area contributed by atoms with Crippen molar-refractivity contribution >= 4 is 0 Å². The molecule has 2 unspecified atom stereocenters. The van der Waals surface area contributed by atoms with Gasteiger partial charge < -0.3 is 10.5 Å². The highest BCUT2D eigenvalue weighted by molar-refractivity contribution is 5.14. The van der Waals surface area contributed by atoms with Crippen LogP contribution in [0.1, 0.15) is 39.5 Å². The maximum Gasteiger partial charge on any atom is 0.0648 e.